The molecule has 20 heavy (non-hydrogen) atoms. The Kier molecular flexibility index (Phi) is 4.79. The Hall–Kier alpha value is -2.27. The summed E-state index contributed by atoms with van der Waals surface area (Å²) in [5.41, 5.74) is 0.885. The molecule has 2 rings (SSSR count). The van der Waals surface area contributed by atoms with Gasteiger partial charge in [-0.3, -0.25) is 10.1 Å². The first-order valence-corrected chi connectivity index (χ1v) is 6.39. The second-order valence-corrected chi connectivity index (χ2v) is 4.47. The highest BCUT2D eigenvalue weighted by atomic mass is 35.5. The van der Waals surface area contributed by atoms with E-state index in [1.165, 1.54) is 12.1 Å². The van der Waals surface area contributed by atoms with Gasteiger partial charge >= 0.3 is 0 Å². The monoisotopic (exact) mass is 292 g/mol. The van der Waals surface area contributed by atoms with E-state index in [2.05, 4.69) is 5.32 Å². The first kappa shape index (κ1) is 14.1. The largest absolute Gasteiger partial charge is 0.492 e. The zero-order chi connectivity index (χ0) is 14.4. The molecule has 0 spiro atoms. The molecule has 0 aromatic heterocycles. The standard InChI is InChI=1S/C14H13ClN2O3/c15-11-2-1-3-14(10-11)20-9-8-16-12-4-6-13(7-5-12)17(18)19/h1-7,10,16H,8-9H2. The third kappa shape index (κ3) is 4.13. The maximum absolute atomic E-state index is 10.5. The van der Waals surface area contributed by atoms with E-state index in [1.54, 1.807) is 24.3 Å². The van der Waals surface area contributed by atoms with Gasteiger partial charge in [-0.05, 0) is 30.3 Å². The number of nitrogens with one attached hydrogen (secondary N) is 1. The van der Waals surface area contributed by atoms with E-state index in [0.29, 0.717) is 23.9 Å². The lowest BCUT2D eigenvalue weighted by atomic mass is 10.3. The molecule has 2 aromatic rings. The van der Waals surface area contributed by atoms with Crippen molar-refractivity contribution in [3.05, 3.63) is 63.7 Å². The first-order chi connectivity index (χ1) is 9.65. The maximum atomic E-state index is 10.5. The number of nitro benzene ring substituents is 1. The van der Waals surface area contributed by atoms with Crippen LogP contribution in [0.3, 0.4) is 0 Å². The normalized spacial score (nSPS) is 10.1. The smallest absolute Gasteiger partial charge is 0.269 e. The van der Waals surface area contributed by atoms with E-state index in [4.69, 9.17) is 16.3 Å². The second-order valence-electron chi connectivity index (χ2n) is 4.04. The van der Waals surface area contributed by atoms with Crippen molar-refractivity contribution < 1.29 is 9.66 Å². The minimum Gasteiger partial charge on any atom is -0.492 e. The summed E-state index contributed by atoms with van der Waals surface area (Å²) in [5.74, 6) is 0.711. The highest BCUT2D eigenvalue weighted by molar-refractivity contribution is 6.30. The number of hydrogen-bond acceptors (Lipinski definition) is 4. The lowest BCUT2D eigenvalue weighted by Gasteiger charge is -2.08. The summed E-state index contributed by atoms with van der Waals surface area (Å²) < 4.78 is 5.52. The predicted octanol–water partition coefficient (Wildman–Crippen LogP) is 3.74. The van der Waals surface area contributed by atoms with Crippen LogP contribution in [0.1, 0.15) is 0 Å². The number of ether oxygens (including phenoxy) is 1. The van der Waals surface area contributed by atoms with Crippen LogP contribution in [0.4, 0.5) is 11.4 Å². The third-order valence-electron chi connectivity index (χ3n) is 2.57. The van der Waals surface area contributed by atoms with Crippen LogP contribution in [0.15, 0.2) is 48.5 Å². The van der Waals surface area contributed by atoms with E-state index in [9.17, 15) is 10.1 Å². The van der Waals surface area contributed by atoms with Crippen LogP contribution in [-0.4, -0.2) is 18.1 Å². The van der Waals surface area contributed by atoms with Crippen molar-refractivity contribution in [1.29, 1.82) is 0 Å². The summed E-state index contributed by atoms with van der Waals surface area (Å²) in [6.45, 7) is 1.06. The van der Waals surface area contributed by atoms with Crippen molar-refractivity contribution in [2.24, 2.45) is 0 Å². The molecule has 0 aliphatic heterocycles. The Morgan fingerprint density at radius 3 is 2.60 bits per heavy atom. The molecule has 0 atom stereocenters. The van der Waals surface area contributed by atoms with Gasteiger partial charge in [-0.15, -0.1) is 0 Å². The maximum Gasteiger partial charge on any atom is 0.269 e. The van der Waals surface area contributed by atoms with E-state index in [-0.39, 0.29) is 5.69 Å². The summed E-state index contributed by atoms with van der Waals surface area (Å²) in [7, 11) is 0. The van der Waals surface area contributed by atoms with Gasteiger partial charge in [0.25, 0.3) is 5.69 Å². The molecule has 1 N–H and O–H groups in total. The zero-order valence-electron chi connectivity index (χ0n) is 10.6. The first-order valence-electron chi connectivity index (χ1n) is 6.02. The van der Waals surface area contributed by atoms with E-state index >= 15 is 0 Å². The number of hydrogen-bond donors (Lipinski definition) is 1. The Morgan fingerprint density at radius 1 is 1.20 bits per heavy atom. The number of benzene rings is 2. The number of rotatable bonds is 6. The van der Waals surface area contributed by atoms with Crippen LogP contribution < -0.4 is 10.1 Å². The van der Waals surface area contributed by atoms with E-state index in [1.807, 2.05) is 12.1 Å². The molecule has 0 radical (unpaired) electrons. The molecule has 5 nitrogen and oxygen atoms in total. The fourth-order valence-corrected chi connectivity index (χ4v) is 1.80. The summed E-state index contributed by atoms with van der Waals surface area (Å²) in [6, 6.07) is 13.4. The van der Waals surface area contributed by atoms with E-state index < -0.39 is 4.92 Å². The molecule has 0 saturated carbocycles. The third-order valence-corrected chi connectivity index (χ3v) is 2.81. The van der Waals surface area contributed by atoms with Crippen LogP contribution in [0, 0.1) is 10.1 Å². The lowest BCUT2D eigenvalue weighted by Crippen LogP contribution is -2.11. The fourth-order valence-electron chi connectivity index (χ4n) is 1.62. The van der Waals surface area contributed by atoms with Crippen LogP contribution >= 0.6 is 11.6 Å². The van der Waals surface area contributed by atoms with Crippen molar-refractivity contribution in [2.45, 2.75) is 0 Å². The van der Waals surface area contributed by atoms with Gasteiger partial charge in [0.05, 0.1) is 4.92 Å². The number of anilines is 1. The number of nitrogens with zero attached hydrogens (tertiary/aromatic N) is 1. The molecule has 0 fully saturated rings. The molecule has 0 heterocycles. The Balaban J connectivity index is 1.77. The fraction of sp³-hybridized carbons (Fsp3) is 0.143. The topological polar surface area (TPSA) is 64.4 Å². The van der Waals surface area contributed by atoms with Crippen molar-refractivity contribution in [2.75, 3.05) is 18.5 Å². The lowest BCUT2D eigenvalue weighted by molar-refractivity contribution is -0.384. The van der Waals surface area contributed by atoms with Crippen molar-refractivity contribution in [1.82, 2.24) is 0 Å². The molecular weight excluding hydrogens is 280 g/mol. The van der Waals surface area contributed by atoms with Gasteiger partial charge in [-0.2, -0.15) is 0 Å². The highest BCUT2D eigenvalue weighted by Gasteiger charge is 2.03. The van der Waals surface area contributed by atoms with Crippen molar-refractivity contribution in [3.8, 4) is 5.75 Å². The number of nitro groups is 1. The Bertz CT molecular complexity index is 587. The van der Waals surface area contributed by atoms with Crippen LogP contribution in [-0.2, 0) is 0 Å². The number of halogens is 1. The van der Waals surface area contributed by atoms with Crippen LogP contribution in [0.25, 0.3) is 0 Å². The molecule has 6 heteroatoms. The summed E-state index contributed by atoms with van der Waals surface area (Å²) in [5, 5.41) is 14.3. The molecule has 0 saturated heterocycles. The molecule has 0 aliphatic carbocycles. The predicted molar refractivity (Wildman–Crippen MR) is 78.5 cm³/mol. The summed E-state index contributed by atoms with van der Waals surface area (Å²) in [4.78, 5) is 10.1. The average Bonchev–Trinajstić information content (AvgIpc) is 2.44. The molecule has 0 amide bonds. The minimum atomic E-state index is -0.425. The van der Waals surface area contributed by atoms with Gasteiger partial charge in [-0.1, -0.05) is 17.7 Å². The summed E-state index contributed by atoms with van der Waals surface area (Å²) in [6.07, 6.45) is 0. The van der Waals surface area contributed by atoms with Gasteiger partial charge in [-0.25, -0.2) is 0 Å². The van der Waals surface area contributed by atoms with Gasteiger partial charge in [0.15, 0.2) is 0 Å². The SMILES string of the molecule is O=[N+]([O-])c1ccc(NCCOc2cccc(Cl)c2)cc1. The van der Waals surface area contributed by atoms with Crippen molar-refractivity contribution >= 4 is 23.0 Å². The molecule has 0 unspecified atom stereocenters. The van der Waals surface area contributed by atoms with Gasteiger partial charge < -0.3 is 10.1 Å². The summed E-state index contributed by atoms with van der Waals surface area (Å²) >= 11 is 5.84. The van der Waals surface area contributed by atoms with Crippen LogP contribution in [0.5, 0.6) is 5.75 Å². The van der Waals surface area contributed by atoms with E-state index in [0.717, 1.165) is 5.69 Å². The average molecular weight is 293 g/mol. The van der Waals surface area contributed by atoms with Gasteiger partial charge in [0, 0.05) is 29.4 Å². The zero-order valence-corrected chi connectivity index (χ0v) is 11.3. The van der Waals surface area contributed by atoms with Gasteiger partial charge in [0.2, 0.25) is 0 Å². The molecule has 2 aromatic carbocycles. The molecule has 0 bridgehead atoms. The second kappa shape index (κ2) is 6.77. The minimum absolute atomic E-state index is 0.0747. The molecule has 104 valence electrons. The quantitative estimate of drug-likeness (QED) is 0.500. The van der Waals surface area contributed by atoms with Gasteiger partial charge in [0.1, 0.15) is 12.4 Å². The molecule has 0 aliphatic rings. The Labute approximate surface area is 121 Å². The molecular formula is C14H13ClN2O3. The highest BCUT2D eigenvalue weighted by Crippen LogP contribution is 2.17. The number of non-ortho nitro benzene ring substituents is 1. The Morgan fingerprint density at radius 2 is 1.95 bits per heavy atom. The van der Waals surface area contributed by atoms with Crippen molar-refractivity contribution in [3.63, 3.8) is 0 Å². The van der Waals surface area contributed by atoms with Crippen LogP contribution in [0.2, 0.25) is 5.02 Å².